The largest absolute Gasteiger partial charge is 0.434 e. The fourth-order valence-electron chi connectivity index (χ4n) is 3.85. The molecule has 146 valence electrons. The fourth-order valence-corrected chi connectivity index (χ4v) is 4.62. The van der Waals surface area contributed by atoms with Crippen molar-refractivity contribution in [2.24, 2.45) is 0 Å². The Morgan fingerprint density at radius 2 is 1.92 bits per heavy atom. The number of alkyl halides is 3. The van der Waals surface area contributed by atoms with Crippen LogP contribution in [0.25, 0.3) is 0 Å². The molecule has 3 heterocycles. The Balaban J connectivity index is 1.60. The molecule has 1 amide bonds. The highest BCUT2D eigenvalue weighted by molar-refractivity contribution is 7.11. The molecule has 2 fully saturated rings. The standard InChI is InChI=1S/C17H25F3N4OS/c1-2-22-8-4-13(5-9-22)23-6-3-7-24(11-10-23)16(25)14-15(17(18,19)20)21-12-26-14/h12-13H,2-11H2,1H3. The number of piperidine rings is 1. The average molecular weight is 390 g/mol. The summed E-state index contributed by atoms with van der Waals surface area (Å²) in [6, 6.07) is 0.516. The van der Waals surface area contributed by atoms with Gasteiger partial charge in [0.15, 0.2) is 5.69 Å². The number of hydrogen-bond acceptors (Lipinski definition) is 5. The monoisotopic (exact) mass is 390 g/mol. The predicted molar refractivity (Wildman–Crippen MR) is 94.3 cm³/mol. The third kappa shape index (κ3) is 4.37. The first-order valence-corrected chi connectivity index (χ1v) is 10.0. The normalized spacial score (nSPS) is 21.8. The molecule has 0 aromatic carbocycles. The van der Waals surface area contributed by atoms with E-state index in [9.17, 15) is 18.0 Å². The van der Waals surface area contributed by atoms with Crippen molar-refractivity contribution in [2.75, 3.05) is 45.8 Å². The Morgan fingerprint density at radius 1 is 1.19 bits per heavy atom. The molecule has 9 heteroatoms. The molecular weight excluding hydrogens is 365 g/mol. The first-order valence-electron chi connectivity index (χ1n) is 9.16. The van der Waals surface area contributed by atoms with Crippen LogP contribution in [0.4, 0.5) is 13.2 Å². The number of likely N-dealkylation sites (tertiary alicyclic amines) is 1. The van der Waals surface area contributed by atoms with Crippen LogP contribution in [0.1, 0.15) is 41.6 Å². The second-order valence-electron chi connectivity index (χ2n) is 6.88. The molecule has 0 radical (unpaired) electrons. The highest BCUT2D eigenvalue weighted by atomic mass is 32.1. The fraction of sp³-hybridized carbons (Fsp3) is 0.765. The van der Waals surface area contributed by atoms with Crippen molar-refractivity contribution >= 4 is 17.2 Å². The van der Waals surface area contributed by atoms with Gasteiger partial charge < -0.3 is 9.80 Å². The van der Waals surface area contributed by atoms with Crippen LogP contribution in [0.2, 0.25) is 0 Å². The van der Waals surface area contributed by atoms with Gasteiger partial charge in [0.2, 0.25) is 0 Å². The molecule has 0 N–H and O–H groups in total. The number of rotatable bonds is 3. The van der Waals surface area contributed by atoms with Gasteiger partial charge >= 0.3 is 6.18 Å². The first-order chi connectivity index (χ1) is 12.4. The van der Waals surface area contributed by atoms with Gasteiger partial charge in [0.25, 0.3) is 5.91 Å². The third-order valence-corrected chi connectivity index (χ3v) is 6.18. The van der Waals surface area contributed by atoms with E-state index in [1.54, 1.807) is 4.90 Å². The topological polar surface area (TPSA) is 39.7 Å². The summed E-state index contributed by atoms with van der Waals surface area (Å²) in [6.45, 7) is 8.03. The maximum atomic E-state index is 13.0. The molecular formula is C17H25F3N4OS. The van der Waals surface area contributed by atoms with Gasteiger partial charge in [-0.25, -0.2) is 4.98 Å². The van der Waals surface area contributed by atoms with Gasteiger partial charge in [0, 0.05) is 32.2 Å². The molecule has 2 saturated heterocycles. The van der Waals surface area contributed by atoms with Crippen molar-refractivity contribution in [2.45, 2.75) is 38.4 Å². The number of carbonyl (C=O) groups is 1. The summed E-state index contributed by atoms with van der Waals surface area (Å²) in [6.07, 6.45) is -1.56. The zero-order valence-corrected chi connectivity index (χ0v) is 15.8. The molecule has 0 saturated carbocycles. The minimum Gasteiger partial charge on any atom is -0.337 e. The third-order valence-electron chi connectivity index (χ3n) is 5.37. The number of hydrogen-bond donors (Lipinski definition) is 0. The van der Waals surface area contributed by atoms with Gasteiger partial charge in [-0.05, 0) is 38.9 Å². The van der Waals surface area contributed by atoms with Crippen LogP contribution in [0, 0.1) is 0 Å². The van der Waals surface area contributed by atoms with Crippen molar-refractivity contribution in [3.8, 4) is 0 Å². The molecule has 26 heavy (non-hydrogen) atoms. The second kappa shape index (κ2) is 8.22. The van der Waals surface area contributed by atoms with Crippen LogP contribution in [-0.2, 0) is 6.18 Å². The molecule has 2 aliphatic rings. The Morgan fingerprint density at radius 3 is 2.58 bits per heavy atom. The number of amides is 1. The van der Waals surface area contributed by atoms with Gasteiger partial charge in [-0.15, -0.1) is 11.3 Å². The highest BCUT2D eigenvalue weighted by Gasteiger charge is 2.39. The van der Waals surface area contributed by atoms with E-state index in [4.69, 9.17) is 0 Å². The summed E-state index contributed by atoms with van der Waals surface area (Å²) in [7, 11) is 0. The van der Waals surface area contributed by atoms with E-state index in [1.165, 1.54) is 0 Å². The van der Waals surface area contributed by atoms with Crippen molar-refractivity contribution < 1.29 is 18.0 Å². The van der Waals surface area contributed by atoms with E-state index in [1.807, 2.05) is 0 Å². The molecule has 0 aliphatic carbocycles. The van der Waals surface area contributed by atoms with E-state index in [0.29, 0.717) is 19.1 Å². The van der Waals surface area contributed by atoms with Crippen molar-refractivity contribution in [1.29, 1.82) is 0 Å². The quantitative estimate of drug-likeness (QED) is 0.796. The summed E-state index contributed by atoms with van der Waals surface area (Å²) in [4.78, 5) is 22.1. The molecule has 0 spiro atoms. The van der Waals surface area contributed by atoms with Gasteiger partial charge in [-0.2, -0.15) is 13.2 Å². The Labute approximate surface area is 155 Å². The summed E-state index contributed by atoms with van der Waals surface area (Å²) in [5.41, 5.74) is 0.0438. The highest BCUT2D eigenvalue weighted by Crippen LogP contribution is 2.33. The zero-order chi connectivity index (χ0) is 18.7. The van der Waals surface area contributed by atoms with E-state index in [-0.39, 0.29) is 4.88 Å². The maximum absolute atomic E-state index is 13.0. The number of nitrogens with zero attached hydrogens (tertiary/aromatic N) is 4. The van der Waals surface area contributed by atoms with Crippen molar-refractivity contribution in [3.05, 3.63) is 16.1 Å². The molecule has 5 nitrogen and oxygen atoms in total. The summed E-state index contributed by atoms with van der Waals surface area (Å²) in [5, 5.41) is 0. The maximum Gasteiger partial charge on any atom is 0.434 e. The van der Waals surface area contributed by atoms with Crippen LogP contribution in [0.5, 0.6) is 0 Å². The smallest absolute Gasteiger partial charge is 0.337 e. The zero-order valence-electron chi connectivity index (χ0n) is 15.0. The van der Waals surface area contributed by atoms with Gasteiger partial charge in [-0.3, -0.25) is 9.69 Å². The predicted octanol–water partition coefficient (Wildman–Crippen LogP) is 2.79. The number of carbonyl (C=O) groups excluding carboxylic acids is 1. The molecule has 1 aromatic rings. The minimum absolute atomic E-state index is 0.290. The van der Waals surface area contributed by atoms with Crippen molar-refractivity contribution in [1.82, 2.24) is 19.7 Å². The van der Waals surface area contributed by atoms with Crippen LogP contribution in [-0.4, -0.2) is 77.4 Å². The van der Waals surface area contributed by atoms with Crippen LogP contribution in [0.15, 0.2) is 5.51 Å². The Bertz CT molecular complexity index is 613. The Hall–Kier alpha value is -1.19. The molecule has 0 atom stereocenters. The minimum atomic E-state index is -4.59. The lowest BCUT2D eigenvalue weighted by Gasteiger charge is -2.37. The number of halogens is 3. The van der Waals surface area contributed by atoms with E-state index in [2.05, 4.69) is 21.7 Å². The average Bonchev–Trinajstić information content (AvgIpc) is 3.00. The molecule has 3 rings (SSSR count). The summed E-state index contributed by atoms with van der Waals surface area (Å²) < 4.78 is 39.0. The summed E-state index contributed by atoms with van der Waals surface area (Å²) in [5.74, 6) is -0.539. The van der Waals surface area contributed by atoms with Gasteiger partial charge in [0.1, 0.15) is 4.88 Å². The summed E-state index contributed by atoms with van der Waals surface area (Å²) >= 11 is 0.775. The van der Waals surface area contributed by atoms with Crippen LogP contribution >= 0.6 is 11.3 Å². The van der Waals surface area contributed by atoms with Gasteiger partial charge in [-0.1, -0.05) is 6.92 Å². The van der Waals surface area contributed by atoms with Crippen molar-refractivity contribution in [3.63, 3.8) is 0 Å². The number of aromatic nitrogens is 1. The van der Waals surface area contributed by atoms with Crippen LogP contribution in [0.3, 0.4) is 0 Å². The van der Waals surface area contributed by atoms with E-state index in [0.717, 1.165) is 68.8 Å². The number of thiazole rings is 1. The lowest BCUT2D eigenvalue weighted by Crippen LogP contribution is -2.46. The Kier molecular flexibility index (Phi) is 6.19. The van der Waals surface area contributed by atoms with Gasteiger partial charge in [0.05, 0.1) is 5.51 Å². The van der Waals surface area contributed by atoms with Crippen LogP contribution < -0.4 is 0 Å². The SMILES string of the molecule is CCN1CCC(N2CCCN(C(=O)c3scnc3C(F)(F)F)CC2)CC1. The molecule has 2 aliphatic heterocycles. The van der Waals surface area contributed by atoms with E-state index < -0.39 is 17.8 Å². The molecule has 0 bridgehead atoms. The molecule has 1 aromatic heterocycles. The van der Waals surface area contributed by atoms with E-state index >= 15 is 0 Å². The second-order valence-corrected chi connectivity index (χ2v) is 7.73. The lowest BCUT2D eigenvalue weighted by atomic mass is 10.0. The first kappa shape index (κ1) is 19.6. The lowest BCUT2D eigenvalue weighted by molar-refractivity contribution is -0.141. The molecule has 0 unspecified atom stereocenters.